The molecule has 3 aromatic rings. The first-order chi connectivity index (χ1) is 14.0. The summed E-state index contributed by atoms with van der Waals surface area (Å²) in [6.45, 7) is 3.55. The van der Waals surface area contributed by atoms with Gasteiger partial charge in [0, 0.05) is 30.1 Å². The molecule has 0 saturated carbocycles. The van der Waals surface area contributed by atoms with E-state index in [4.69, 9.17) is 10.5 Å². The number of nitrogens with one attached hydrogen (secondary N) is 2. The van der Waals surface area contributed by atoms with Crippen LogP contribution in [-0.4, -0.2) is 28.0 Å². The fourth-order valence-electron chi connectivity index (χ4n) is 2.33. The molecule has 9 nitrogen and oxygen atoms in total. The van der Waals surface area contributed by atoms with Gasteiger partial charge in [-0.1, -0.05) is 6.58 Å². The lowest BCUT2D eigenvalue weighted by atomic mass is 10.2. The molecule has 0 saturated heterocycles. The van der Waals surface area contributed by atoms with E-state index in [1.807, 2.05) is 0 Å². The molecule has 0 bridgehead atoms. The first-order valence-electron chi connectivity index (χ1n) is 8.29. The maximum atomic E-state index is 14.5. The number of nitrogens with zero attached hydrogens (tertiary/aromatic N) is 3. The highest BCUT2D eigenvalue weighted by Crippen LogP contribution is 2.28. The lowest BCUT2D eigenvalue weighted by molar-refractivity contribution is 0.0594. The monoisotopic (exact) mass is 396 g/mol. The number of nitrogens with two attached hydrogens (primary N) is 1. The van der Waals surface area contributed by atoms with Crippen molar-refractivity contribution in [3.63, 3.8) is 0 Å². The van der Waals surface area contributed by atoms with Crippen LogP contribution in [0.2, 0.25) is 0 Å². The second-order valence-corrected chi connectivity index (χ2v) is 5.59. The average Bonchev–Trinajstić information content (AvgIpc) is 2.69. The van der Waals surface area contributed by atoms with Crippen LogP contribution >= 0.6 is 0 Å². The minimum absolute atomic E-state index is 0.0174. The van der Waals surface area contributed by atoms with Gasteiger partial charge in [0.25, 0.3) is 0 Å². The first-order valence-corrected chi connectivity index (χ1v) is 8.29. The van der Waals surface area contributed by atoms with Crippen LogP contribution in [0, 0.1) is 5.82 Å². The van der Waals surface area contributed by atoms with Crippen LogP contribution in [0.4, 0.5) is 27.7 Å². The van der Waals surface area contributed by atoms with Gasteiger partial charge in [0.2, 0.25) is 5.95 Å². The summed E-state index contributed by atoms with van der Waals surface area (Å²) in [6, 6.07) is 8.79. The van der Waals surface area contributed by atoms with Crippen molar-refractivity contribution in [1.82, 2.24) is 15.0 Å². The number of nitrogen functional groups attached to an aromatic ring is 1. The van der Waals surface area contributed by atoms with Crippen LogP contribution in [0.25, 0.3) is 0 Å². The third-order valence-corrected chi connectivity index (χ3v) is 3.55. The fraction of sp³-hybridized carbons (Fsp3) is 0.0526. The highest BCUT2D eigenvalue weighted by atomic mass is 19.1. The zero-order valence-corrected chi connectivity index (χ0v) is 15.3. The highest BCUT2D eigenvalue weighted by molar-refractivity contribution is 5.88. The van der Waals surface area contributed by atoms with Gasteiger partial charge >= 0.3 is 5.97 Å². The predicted molar refractivity (Wildman–Crippen MR) is 106 cm³/mol. The van der Waals surface area contributed by atoms with Crippen molar-refractivity contribution in [3.05, 3.63) is 66.9 Å². The summed E-state index contributed by atoms with van der Waals surface area (Å²) in [6.07, 6.45) is 2.99. The second kappa shape index (κ2) is 8.65. The van der Waals surface area contributed by atoms with Gasteiger partial charge < -0.3 is 25.8 Å². The molecule has 0 aliphatic carbocycles. The van der Waals surface area contributed by atoms with E-state index in [1.165, 1.54) is 37.7 Å². The lowest BCUT2D eigenvalue weighted by Gasteiger charge is -2.11. The van der Waals surface area contributed by atoms with Crippen molar-refractivity contribution in [2.75, 3.05) is 23.5 Å². The highest BCUT2D eigenvalue weighted by Gasteiger charge is 2.12. The van der Waals surface area contributed by atoms with E-state index in [0.29, 0.717) is 17.3 Å². The van der Waals surface area contributed by atoms with E-state index in [0.717, 1.165) is 0 Å². The molecular weight excluding hydrogens is 379 g/mol. The summed E-state index contributed by atoms with van der Waals surface area (Å²) in [4.78, 5) is 23.4. The summed E-state index contributed by atoms with van der Waals surface area (Å²) in [5.41, 5.74) is 5.94. The Bertz CT molecular complexity index is 1060. The first kappa shape index (κ1) is 19.5. The molecule has 0 spiro atoms. The molecule has 2 heterocycles. The summed E-state index contributed by atoms with van der Waals surface area (Å²) >= 11 is 0. The van der Waals surface area contributed by atoms with Crippen LogP contribution in [0.5, 0.6) is 11.5 Å². The third kappa shape index (κ3) is 4.95. The summed E-state index contributed by atoms with van der Waals surface area (Å²) < 4.78 is 24.7. The van der Waals surface area contributed by atoms with Crippen molar-refractivity contribution >= 4 is 29.2 Å². The number of methoxy groups -OCH3 is 1. The quantitative estimate of drug-likeness (QED) is 0.515. The van der Waals surface area contributed by atoms with E-state index in [9.17, 15) is 9.18 Å². The maximum Gasteiger partial charge on any atom is 0.356 e. The Morgan fingerprint density at radius 1 is 1.21 bits per heavy atom. The number of carbonyl (C=O) groups excluding carboxylic acids is 1. The number of esters is 1. The largest absolute Gasteiger partial charge is 0.464 e. The summed E-state index contributed by atoms with van der Waals surface area (Å²) in [5.74, 6) is -0.268. The van der Waals surface area contributed by atoms with Gasteiger partial charge in [-0.2, -0.15) is 4.98 Å². The minimum Gasteiger partial charge on any atom is -0.464 e. The maximum absolute atomic E-state index is 14.5. The molecule has 0 atom stereocenters. The Morgan fingerprint density at radius 3 is 2.76 bits per heavy atom. The zero-order chi connectivity index (χ0) is 20.8. The molecule has 3 rings (SSSR count). The fourth-order valence-corrected chi connectivity index (χ4v) is 2.33. The SMILES string of the molecule is C=CNc1cc(Oc2ccc(Nc3cc(C(=O)OC)nc(N)n3)cc2F)ccn1. The number of ether oxygens (including phenoxy) is 2. The molecule has 10 heteroatoms. The molecule has 2 aromatic heterocycles. The number of aromatic nitrogens is 3. The number of carbonyl (C=O) groups is 1. The molecule has 4 N–H and O–H groups in total. The minimum atomic E-state index is -0.667. The summed E-state index contributed by atoms with van der Waals surface area (Å²) in [5, 5.41) is 5.68. The van der Waals surface area contributed by atoms with E-state index in [1.54, 1.807) is 18.2 Å². The Hall–Kier alpha value is -4.21. The Morgan fingerprint density at radius 2 is 2.03 bits per heavy atom. The Labute approximate surface area is 165 Å². The molecule has 0 fully saturated rings. The topological polar surface area (TPSA) is 124 Å². The lowest BCUT2D eigenvalue weighted by Crippen LogP contribution is -2.09. The van der Waals surface area contributed by atoms with Gasteiger partial charge in [0.15, 0.2) is 17.3 Å². The predicted octanol–water partition coefficient (Wildman–Crippen LogP) is 3.47. The molecule has 0 aliphatic heterocycles. The zero-order valence-electron chi connectivity index (χ0n) is 15.3. The van der Waals surface area contributed by atoms with Gasteiger partial charge in [0.05, 0.1) is 7.11 Å². The van der Waals surface area contributed by atoms with Gasteiger partial charge in [-0.05, 0) is 24.4 Å². The van der Waals surface area contributed by atoms with Crippen LogP contribution in [0.15, 0.2) is 55.4 Å². The van der Waals surface area contributed by atoms with Gasteiger partial charge in [0.1, 0.15) is 17.4 Å². The average molecular weight is 396 g/mol. The molecule has 0 amide bonds. The molecule has 0 radical (unpaired) electrons. The van der Waals surface area contributed by atoms with Crippen LogP contribution in [0.3, 0.4) is 0 Å². The molecule has 148 valence electrons. The van der Waals surface area contributed by atoms with Crippen molar-refractivity contribution in [2.45, 2.75) is 0 Å². The van der Waals surface area contributed by atoms with Crippen molar-refractivity contribution in [3.8, 4) is 11.5 Å². The third-order valence-electron chi connectivity index (χ3n) is 3.55. The number of hydrogen-bond donors (Lipinski definition) is 3. The number of halogens is 1. The van der Waals surface area contributed by atoms with Crippen LogP contribution < -0.4 is 21.1 Å². The van der Waals surface area contributed by atoms with E-state index in [-0.39, 0.29) is 23.2 Å². The normalized spacial score (nSPS) is 10.1. The standard InChI is InChI=1S/C19H17FN6O3/c1-3-22-16-9-12(6-7-23-16)29-15-5-4-11(8-13(15)20)24-17-10-14(18(27)28-2)25-19(21)26-17/h3-10H,1H2,2H3,(H,22,23)(H3,21,24,25,26). The van der Waals surface area contributed by atoms with Crippen LogP contribution in [-0.2, 0) is 4.74 Å². The van der Waals surface area contributed by atoms with E-state index < -0.39 is 11.8 Å². The van der Waals surface area contributed by atoms with E-state index >= 15 is 0 Å². The Balaban J connectivity index is 1.78. The van der Waals surface area contributed by atoms with Crippen molar-refractivity contribution < 1.29 is 18.7 Å². The van der Waals surface area contributed by atoms with Gasteiger partial charge in [-0.15, -0.1) is 0 Å². The van der Waals surface area contributed by atoms with Gasteiger partial charge in [-0.3, -0.25) is 0 Å². The second-order valence-electron chi connectivity index (χ2n) is 5.59. The van der Waals surface area contributed by atoms with E-state index in [2.05, 4.69) is 36.9 Å². The van der Waals surface area contributed by atoms with Crippen LogP contribution in [0.1, 0.15) is 10.5 Å². The molecule has 1 aromatic carbocycles. The number of pyridine rings is 1. The number of hydrogen-bond acceptors (Lipinski definition) is 9. The van der Waals surface area contributed by atoms with Gasteiger partial charge in [-0.25, -0.2) is 19.2 Å². The summed E-state index contributed by atoms with van der Waals surface area (Å²) in [7, 11) is 1.22. The molecule has 0 unspecified atom stereocenters. The number of rotatable bonds is 7. The van der Waals surface area contributed by atoms with Crippen molar-refractivity contribution in [1.29, 1.82) is 0 Å². The molecule has 0 aliphatic rings. The number of anilines is 4. The van der Waals surface area contributed by atoms with Crippen molar-refractivity contribution in [2.24, 2.45) is 0 Å². The smallest absolute Gasteiger partial charge is 0.356 e. The molecule has 29 heavy (non-hydrogen) atoms. The number of benzene rings is 1. The Kier molecular flexibility index (Phi) is 5.83. The molecular formula is C19H17FN6O3.